The van der Waals surface area contributed by atoms with E-state index < -0.39 is 5.97 Å². The van der Waals surface area contributed by atoms with Crippen molar-refractivity contribution in [3.63, 3.8) is 0 Å². The molecular weight excluding hydrogens is 144 g/mol. The van der Waals surface area contributed by atoms with E-state index in [0.717, 1.165) is 13.3 Å². The van der Waals surface area contributed by atoms with Crippen LogP contribution in [0.1, 0.15) is 20.3 Å². The second kappa shape index (κ2) is 9.17. The number of hydrogen-bond acceptors (Lipinski definition) is 2. The number of aliphatic hydroxyl groups excluding tert-OH is 1. The number of rotatable bonds is 3. The highest BCUT2D eigenvalue weighted by atomic mass is 16.4. The monoisotopic (exact) mass is 160 g/mol. The number of aliphatic hydroxyl groups is 1. The zero-order valence-electron chi connectivity index (χ0n) is 7.08. The second-order valence-corrected chi connectivity index (χ2v) is 2.24. The first-order chi connectivity index (χ1) is 5.04. The lowest BCUT2D eigenvalue weighted by Gasteiger charge is -1.97. The fourth-order valence-electron chi connectivity index (χ4n) is 0.321. The Bertz CT molecular complexity index is 106. The van der Waals surface area contributed by atoms with Crippen LogP contribution >= 0.6 is 0 Å². The lowest BCUT2D eigenvalue weighted by Crippen LogP contribution is -1.91. The predicted octanol–water partition coefficient (Wildman–Crippen LogP) is 1.28. The van der Waals surface area contributed by atoms with E-state index in [1.807, 2.05) is 13.0 Å². The molecular formula is C8H16O3. The van der Waals surface area contributed by atoms with Crippen molar-refractivity contribution < 1.29 is 15.0 Å². The summed E-state index contributed by atoms with van der Waals surface area (Å²) in [4.78, 5) is 9.00. The maximum Gasteiger partial charge on any atom is 0.300 e. The molecule has 1 unspecified atom stereocenters. The molecule has 0 aromatic rings. The van der Waals surface area contributed by atoms with Gasteiger partial charge in [-0.3, -0.25) is 4.79 Å². The fraction of sp³-hybridized carbons (Fsp3) is 0.625. The molecule has 0 bridgehead atoms. The van der Waals surface area contributed by atoms with Crippen LogP contribution in [0.5, 0.6) is 0 Å². The lowest BCUT2D eigenvalue weighted by molar-refractivity contribution is -0.134. The molecule has 3 heteroatoms. The Morgan fingerprint density at radius 2 is 2.09 bits per heavy atom. The highest BCUT2D eigenvalue weighted by molar-refractivity contribution is 5.62. The summed E-state index contributed by atoms with van der Waals surface area (Å²) in [6.07, 6.45) is 2.68. The summed E-state index contributed by atoms with van der Waals surface area (Å²) in [6.45, 7) is 6.95. The highest BCUT2D eigenvalue weighted by Crippen LogP contribution is 1.98. The zero-order valence-corrected chi connectivity index (χ0v) is 7.08. The lowest BCUT2D eigenvalue weighted by atomic mass is 10.1. The van der Waals surface area contributed by atoms with E-state index in [9.17, 15) is 0 Å². The predicted molar refractivity (Wildman–Crippen MR) is 44.4 cm³/mol. The zero-order chi connectivity index (χ0) is 9.28. The summed E-state index contributed by atoms with van der Waals surface area (Å²) >= 11 is 0. The molecule has 1 atom stereocenters. The first-order valence-corrected chi connectivity index (χ1v) is 3.47. The molecule has 0 fully saturated rings. The average Bonchev–Trinajstić information content (AvgIpc) is 1.87. The first-order valence-electron chi connectivity index (χ1n) is 3.47. The molecule has 0 amide bonds. The van der Waals surface area contributed by atoms with Gasteiger partial charge in [0.15, 0.2) is 0 Å². The smallest absolute Gasteiger partial charge is 0.300 e. The summed E-state index contributed by atoms with van der Waals surface area (Å²) in [5.74, 6) is -0.370. The van der Waals surface area contributed by atoms with E-state index in [-0.39, 0.29) is 6.61 Å². The summed E-state index contributed by atoms with van der Waals surface area (Å²) in [5, 5.41) is 15.7. The van der Waals surface area contributed by atoms with Crippen LogP contribution in [0.15, 0.2) is 12.7 Å². The molecule has 3 nitrogen and oxygen atoms in total. The van der Waals surface area contributed by atoms with E-state index in [0.29, 0.717) is 5.92 Å². The Morgan fingerprint density at radius 3 is 2.18 bits per heavy atom. The molecule has 0 spiro atoms. The van der Waals surface area contributed by atoms with E-state index in [1.165, 1.54) is 0 Å². The standard InChI is InChI=1S/C6H12O.C2H4O2/c1-3-6(2)4-5-7;1-2(3)4/h3,6-7H,1,4-5H2,2H3;1H3,(H,3,4). The molecule has 0 aliphatic carbocycles. The number of carboxylic acid groups (broad SMARTS) is 1. The number of aliphatic carboxylic acids is 1. The maximum atomic E-state index is 9.00. The van der Waals surface area contributed by atoms with Gasteiger partial charge >= 0.3 is 0 Å². The number of hydrogen-bond donors (Lipinski definition) is 2. The first kappa shape index (κ1) is 12.8. The number of carbonyl (C=O) groups is 1. The van der Waals surface area contributed by atoms with Gasteiger partial charge in [0.05, 0.1) is 0 Å². The minimum Gasteiger partial charge on any atom is -0.481 e. The van der Waals surface area contributed by atoms with Crippen LogP contribution in [0.2, 0.25) is 0 Å². The van der Waals surface area contributed by atoms with E-state index in [1.54, 1.807) is 0 Å². The third-order valence-electron chi connectivity index (χ3n) is 0.987. The second-order valence-electron chi connectivity index (χ2n) is 2.24. The Kier molecular flexibility index (Phi) is 10.7. The van der Waals surface area contributed by atoms with Gasteiger partial charge in [-0.2, -0.15) is 0 Å². The van der Waals surface area contributed by atoms with Crippen molar-refractivity contribution >= 4 is 5.97 Å². The average molecular weight is 160 g/mol. The van der Waals surface area contributed by atoms with Gasteiger partial charge in [-0.15, -0.1) is 6.58 Å². The van der Waals surface area contributed by atoms with Crippen LogP contribution in [0.4, 0.5) is 0 Å². The van der Waals surface area contributed by atoms with Crippen molar-refractivity contribution in [3.8, 4) is 0 Å². The minimum absolute atomic E-state index is 0.271. The van der Waals surface area contributed by atoms with Gasteiger partial charge in [-0.1, -0.05) is 13.0 Å². The van der Waals surface area contributed by atoms with Crippen molar-refractivity contribution in [2.45, 2.75) is 20.3 Å². The van der Waals surface area contributed by atoms with Gasteiger partial charge in [0.25, 0.3) is 5.97 Å². The number of carboxylic acids is 1. The molecule has 0 aliphatic rings. The van der Waals surface area contributed by atoms with Crippen LogP contribution < -0.4 is 0 Å². The molecule has 66 valence electrons. The van der Waals surface area contributed by atoms with Crippen molar-refractivity contribution in [3.05, 3.63) is 12.7 Å². The number of allylic oxidation sites excluding steroid dienone is 1. The highest BCUT2D eigenvalue weighted by Gasteiger charge is 1.90. The quantitative estimate of drug-likeness (QED) is 0.611. The van der Waals surface area contributed by atoms with Gasteiger partial charge in [0, 0.05) is 13.5 Å². The summed E-state index contributed by atoms with van der Waals surface area (Å²) in [6, 6.07) is 0. The largest absolute Gasteiger partial charge is 0.481 e. The maximum absolute atomic E-state index is 9.00. The van der Waals surface area contributed by atoms with Gasteiger partial charge in [0.2, 0.25) is 0 Å². The molecule has 0 saturated carbocycles. The van der Waals surface area contributed by atoms with Crippen LogP contribution in [-0.2, 0) is 4.79 Å². The Labute approximate surface area is 67.4 Å². The van der Waals surface area contributed by atoms with Gasteiger partial charge in [0.1, 0.15) is 0 Å². The molecule has 11 heavy (non-hydrogen) atoms. The third-order valence-corrected chi connectivity index (χ3v) is 0.987. The topological polar surface area (TPSA) is 57.5 Å². The third kappa shape index (κ3) is 27.1. The van der Waals surface area contributed by atoms with Crippen LogP contribution in [0.25, 0.3) is 0 Å². The Hall–Kier alpha value is -0.830. The summed E-state index contributed by atoms with van der Waals surface area (Å²) in [5.41, 5.74) is 0. The molecule has 0 aromatic heterocycles. The minimum atomic E-state index is -0.833. The molecule has 0 radical (unpaired) electrons. The van der Waals surface area contributed by atoms with Gasteiger partial charge < -0.3 is 10.2 Å². The normalized spacial score (nSPS) is 10.8. The SMILES string of the molecule is C=CC(C)CCO.CC(=O)O. The van der Waals surface area contributed by atoms with Crippen molar-refractivity contribution in [1.82, 2.24) is 0 Å². The van der Waals surface area contributed by atoms with Crippen LogP contribution in [0.3, 0.4) is 0 Å². The summed E-state index contributed by atoms with van der Waals surface area (Å²) < 4.78 is 0. The molecule has 0 aliphatic heterocycles. The van der Waals surface area contributed by atoms with Crippen LogP contribution in [0, 0.1) is 5.92 Å². The Morgan fingerprint density at radius 1 is 1.73 bits per heavy atom. The van der Waals surface area contributed by atoms with Gasteiger partial charge in [-0.05, 0) is 12.3 Å². The summed E-state index contributed by atoms with van der Waals surface area (Å²) in [7, 11) is 0. The molecule has 0 rings (SSSR count). The molecule has 0 saturated heterocycles. The van der Waals surface area contributed by atoms with Crippen LogP contribution in [-0.4, -0.2) is 22.8 Å². The fourth-order valence-corrected chi connectivity index (χ4v) is 0.321. The van der Waals surface area contributed by atoms with Crippen molar-refractivity contribution in [2.75, 3.05) is 6.61 Å². The molecule has 2 N–H and O–H groups in total. The Balaban J connectivity index is 0. The van der Waals surface area contributed by atoms with E-state index in [4.69, 9.17) is 15.0 Å². The molecule has 0 heterocycles. The van der Waals surface area contributed by atoms with Crippen molar-refractivity contribution in [2.24, 2.45) is 5.92 Å². The van der Waals surface area contributed by atoms with Crippen molar-refractivity contribution in [1.29, 1.82) is 0 Å². The van der Waals surface area contributed by atoms with E-state index >= 15 is 0 Å². The van der Waals surface area contributed by atoms with E-state index in [2.05, 4.69) is 6.58 Å². The van der Waals surface area contributed by atoms with Gasteiger partial charge in [-0.25, -0.2) is 0 Å². The molecule has 0 aromatic carbocycles.